The second kappa shape index (κ2) is 5.02. The van der Waals surface area contributed by atoms with Gasteiger partial charge in [-0.05, 0) is 22.0 Å². The van der Waals surface area contributed by atoms with Crippen molar-refractivity contribution < 1.29 is 9.53 Å². The highest BCUT2D eigenvalue weighted by atomic mass is 79.9. The van der Waals surface area contributed by atoms with Gasteiger partial charge >= 0.3 is 5.97 Å². The largest absolute Gasteiger partial charge is 0.468 e. The molecule has 0 unspecified atom stereocenters. The van der Waals surface area contributed by atoms with Crippen molar-refractivity contribution in [1.82, 2.24) is 9.97 Å². The van der Waals surface area contributed by atoms with Crippen LogP contribution in [0.25, 0.3) is 11.0 Å². The Morgan fingerprint density at radius 2 is 2.47 bits per heavy atom. The number of hydrogen-bond donors (Lipinski definition) is 1. The third-order valence-corrected chi connectivity index (χ3v) is 2.61. The summed E-state index contributed by atoms with van der Waals surface area (Å²) in [5.41, 5.74) is 1.59. The maximum absolute atomic E-state index is 10.9. The van der Waals surface area contributed by atoms with Crippen molar-refractivity contribution in [3.05, 3.63) is 28.5 Å². The Labute approximate surface area is 107 Å². The molecule has 2 aromatic heterocycles. The molecule has 0 aromatic carbocycles. The number of ether oxygens (including phenoxy) is 1. The zero-order valence-electron chi connectivity index (χ0n) is 9.08. The fourth-order valence-electron chi connectivity index (χ4n) is 1.37. The van der Waals surface area contributed by atoms with Crippen molar-refractivity contribution in [3.63, 3.8) is 0 Å². The van der Waals surface area contributed by atoms with E-state index in [0.29, 0.717) is 0 Å². The number of aromatic amines is 1. The standard InChI is InChI=1S/C12H9BrN2O2/c1-17-11(16)4-2-3-8-6-14-12-10(8)5-9(13)7-15-12/h5-7H,4H2,1H3,(H,14,15). The normalized spacial score (nSPS) is 9.76. The quantitative estimate of drug-likeness (QED) is 0.648. The molecule has 1 N–H and O–H groups in total. The Hall–Kier alpha value is -1.80. The predicted octanol–water partition coefficient (Wildman–Crippen LogP) is 2.24. The van der Waals surface area contributed by atoms with Gasteiger partial charge in [0.2, 0.25) is 0 Å². The van der Waals surface area contributed by atoms with Crippen LogP contribution in [0.1, 0.15) is 12.0 Å². The van der Waals surface area contributed by atoms with Gasteiger partial charge in [0, 0.05) is 22.3 Å². The van der Waals surface area contributed by atoms with Crippen LogP contribution in [-0.4, -0.2) is 23.0 Å². The van der Waals surface area contributed by atoms with E-state index >= 15 is 0 Å². The number of nitrogens with zero attached hydrogens (tertiary/aromatic N) is 1. The molecule has 0 aliphatic heterocycles. The number of methoxy groups -OCH3 is 1. The van der Waals surface area contributed by atoms with E-state index in [1.54, 1.807) is 12.4 Å². The Bertz CT molecular complexity index is 622. The number of H-pyrrole nitrogens is 1. The average Bonchev–Trinajstić information content (AvgIpc) is 2.72. The van der Waals surface area contributed by atoms with E-state index in [-0.39, 0.29) is 12.4 Å². The zero-order valence-corrected chi connectivity index (χ0v) is 10.7. The minimum Gasteiger partial charge on any atom is -0.468 e. The maximum atomic E-state index is 10.9. The summed E-state index contributed by atoms with van der Waals surface area (Å²) < 4.78 is 5.40. The Balaban J connectivity index is 2.30. The van der Waals surface area contributed by atoms with Crippen LogP contribution in [0.2, 0.25) is 0 Å². The second-order valence-corrected chi connectivity index (χ2v) is 4.22. The lowest BCUT2D eigenvalue weighted by Gasteiger charge is -1.91. The summed E-state index contributed by atoms with van der Waals surface area (Å²) >= 11 is 3.36. The lowest BCUT2D eigenvalue weighted by Crippen LogP contribution is -1.96. The van der Waals surface area contributed by atoms with E-state index in [1.807, 2.05) is 6.07 Å². The van der Waals surface area contributed by atoms with E-state index < -0.39 is 0 Å². The van der Waals surface area contributed by atoms with Crippen LogP contribution in [0.15, 0.2) is 22.9 Å². The van der Waals surface area contributed by atoms with Gasteiger partial charge in [-0.1, -0.05) is 11.8 Å². The number of aromatic nitrogens is 2. The molecule has 0 saturated heterocycles. The van der Waals surface area contributed by atoms with E-state index in [9.17, 15) is 4.79 Å². The minimum absolute atomic E-state index is 0.0879. The minimum atomic E-state index is -0.336. The first kappa shape index (κ1) is 11.7. The molecule has 0 fully saturated rings. The Kier molecular flexibility index (Phi) is 3.45. The third-order valence-electron chi connectivity index (χ3n) is 2.18. The molecule has 0 atom stereocenters. The summed E-state index contributed by atoms with van der Waals surface area (Å²) in [4.78, 5) is 18.1. The number of pyridine rings is 1. The molecule has 0 saturated carbocycles. The molecular weight excluding hydrogens is 284 g/mol. The summed E-state index contributed by atoms with van der Waals surface area (Å²) in [6.45, 7) is 0. The fourth-order valence-corrected chi connectivity index (χ4v) is 1.70. The maximum Gasteiger partial charge on any atom is 0.317 e. The highest BCUT2D eigenvalue weighted by Gasteiger charge is 2.02. The van der Waals surface area contributed by atoms with Crippen LogP contribution in [0.3, 0.4) is 0 Å². The third kappa shape index (κ3) is 2.66. The van der Waals surface area contributed by atoms with Crippen molar-refractivity contribution in [2.24, 2.45) is 0 Å². The number of carbonyl (C=O) groups is 1. The summed E-state index contributed by atoms with van der Waals surface area (Å²) in [5, 5.41) is 0.928. The first-order chi connectivity index (χ1) is 8.20. The number of carbonyl (C=O) groups excluding carboxylic acids is 1. The van der Waals surface area contributed by atoms with Crippen LogP contribution >= 0.6 is 15.9 Å². The van der Waals surface area contributed by atoms with Crippen molar-refractivity contribution in [3.8, 4) is 11.8 Å². The van der Waals surface area contributed by atoms with E-state index in [0.717, 1.165) is 21.1 Å². The number of rotatable bonds is 1. The lowest BCUT2D eigenvalue weighted by molar-refractivity contribution is -0.139. The van der Waals surface area contributed by atoms with Crippen LogP contribution in [-0.2, 0) is 9.53 Å². The molecule has 0 amide bonds. The van der Waals surface area contributed by atoms with Gasteiger partial charge in [0.05, 0.1) is 12.7 Å². The fraction of sp³-hybridized carbons (Fsp3) is 0.167. The predicted molar refractivity (Wildman–Crippen MR) is 67.3 cm³/mol. The Morgan fingerprint density at radius 1 is 1.65 bits per heavy atom. The van der Waals surface area contributed by atoms with Gasteiger partial charge in [0.1, 0.15) is 12.1 Å². The van der Waals surface area contributed by atoms with Gasteiger partial charge < -0.3 is 9.72 Å². The zero-order chi connectivity index (χ0) is 12.3. The molecule has 5 heteroatoms. The van der Waals surface area contributed by atoms with E-state index in [1.165, 1.54) is 7.11 Å². The molecule has 0 aliphatic rings. The molecule has 86 valence electrons. The topological polar surface area (TPSA) is 55.0 Å². The van der Waals surface area contributed by atoms with Gasteiger partial charge in [-0.15, -0.1) is 0 Å². The molecule has 2 heterocycles. The van der Waals surface area contributed by atoms with Gasteiger partial charge in [-0.2, -0.15) is 0 Å². The average molecular weight is 293 g/mol. The summed E-state index contributed by atoms with van der Waals surface area (Å²) in [6, 6.07) is 1.93. The number of hydrogen-bond acceptors (Lipinski definition) is 3. The molecule has 0 bridgehead atoms. The molecular formula is C12H9BrN2O2. The number of fused-ring (bicyclic) bond motifs is 1. The van der Waals surface area contributed by atoms with Crippen molar-refractivity contribution >= 4 is 32.9 Å². The molecule has 4 nitrogen and oxygen atoms in total. The monoisotopic (exact) mass is 292 g/mol. The highest BCUT2D eigenvalue weighted by molar-refractivity contribution is 9.10. The first-order valence-electron chi connectivity index (χ1n) is 4.89. The van der Waals surface area contributed by atoms with Crippen molar-refractivity contribution in [2.45, 2.75) is 6.42 Å². The highest BCUT2D eigenvalue weighted by Crippen LogP contribution is 2.19. The molecule has 17 heavy (non-hydrogen) atoms. The summed E-state index contributed by atoms with van der Waals surface area (Å²) in [5.74, 6) is 5.34. The van der Waals surface area contributed by atoms with Crippen molar-refractivity contribution in [1.29, 1.82) is 0 Å². The molecule has 0 aliphatic carbocycles. The first-order valence-corrected chi connectivity index (χ1v) is 5.68. The van der Waals surface area contributed by atoms with Crippen LogP contribution in [0.4, 0.5) is 0 Å². The molecule has 0 radical (unpaired) electrons. The van der Waals surface area contributed by atoms with E-state index in [4.69, 9.17) is 0 Å². The van der Waals surface area contributed by atoms with Gasteiger partial charge in [-0.3, -0.25) is 4.79 Å². The number of halogens is 1. The van der Waals surface area contributed by atoms with E-state index in [2.05, 4.69) is 42.5 Å². The number of esters is 1. The Morgan fingerprint density at radius 3 is 3.24 bits per heavy atom. The second-order valence-electron chi connectivity index (χ2n) is 3.31. The van der Waals surface area contributed by atoms with Crippen LogP contribution in [0.5, 0.6) is 0 Å². The molecule has 0 spiro atoms. The van der Waals surface area contributed by atoms with Crippen molar-refractivity contribution in [2.75, 3.05) is 7.11 Å². The lowest BCUT2D eigenvalue weighted by atomic mass is 10.2. The number of nitrogens with one attached hydrogen (secondary N) is 1. The SMILES string of the molecule is COC(=O)CC#Cc1c[nH]c2ncc(Br)cc12. The molecule has 2 rings (SSSR count). The van der Waals surface area contributed by atoms with Gasteiger partial charge in [0.25, 0.3) is 0 Å². The smallest absolute Gasteiger partial charge is 0.317 e. The van der Waals surface area contributed by atoms with Gasteiger partial charge in [-0.25, -0.2) is 4.98 Å². The van der Waals surface area contributed by atoms with Crippen LogP contribution in [0, 0.1) is 11.8 Å². The molecule has 2 aromatic rings. The van der Waals surface area contributed by atoms with Gasteiger partial charge in [0.15, 0.2) is 0 Å². The summed E-state index contributed by atoms with van der Waals surface area (Å²) in [7, 11) is 1.34. The summed E-state index contributed by atoms with van der Waals surface area (Å²) in [6.07, 6.45) is 3.57. The van der Waals surface area contributed by atoms with Crippen LogP contribution < -0.4 is 0 Å².